The van der Waals surface area contributed by atoms with Gasteiger partial charge in [0.2, 0.25) is 23.6 Å². The van der Waals surface area contributed by atoms with Gasteiger partial charge >= 0.3 is 5.97 Å². The van der Waals surface area contributed by atoms with Crippen LogP contribution >= 0.6 is 12.6 Å². The van der Waals surface area contributed by atoms with Crippen LogP contribution in [0.25, 0.3) is 0 Å². The van der Waals surface area contributed by atoms with Gasteiger partial charge in [-0.2, -0.15) is 12.6 Å². The molecule has 0 spiro atoms. The van der Waals surface area contributed by atoms with Gasteiger partial charge in [-0.05, 0) is 32.2 Å². The molecule has 0 fully saturated rings. The summed E-state index contributed by atoms with van der Waals surface area (Å²) in [6.07, 6.45) is 1.09. The number of hydrogen-bond donors (Lipinski definition) is 9. The number of unbranched alkanes of at least 4 members (excludes halogenated alkanes) is 1. The predicted octanol–water partition coefficient (Wildman–Crippen LogP) is -3.83. The normalized spacial score (nSPS) is 14.6. The van der Waals surface area contributed by atoms with Gasteiger partial charge in [-0.25, -0.2) is 4.79 Å². The molecular formula is C17H32N6O7S. The van der Waals surface area contributed by atoms with Crippen LogP contribution < -0.4 is 33.2 Å². The van der Waals surface area contributed by atoms with Crippen molar-refractivity contribution in [1.82, 2.24) is 16.0 Å². The van der Waals surface area contributed by atoms with Crippen molar-refractivity contribution < 1.29 is 34.2 Å². The fourth-order valence-electron chi connectivity index (χ4n) is 2.39. The number of amides is 4. The van der Waals surface area contributed by atoms with Crippen molar-refractivity contribution in [1.29, 1.82) is 0 Å². The Balaban J connectivity index is 5.15. The van der Waals surface area contributed by atoms with Crippen LogP contribution in [0.1, 0.15) is 32.1 Å². The third-order valence-electron chi connectivity index (χ3n) is 4.23. The van der Waals surface area contributed by atoms with Gasteiger partial charge in [0, 0.05) is 12.2 Å². The number of aliphatic hydroxyl groups is 1. The maximum Gasteiger partial charge on any atom is 0.327 e. The van der Waals surface area contributed by atoms with Crippen LogP contribution in [-0.2, 0) is 24.0 Å². The van der Waals surface area contributed by atoms with Crippen molar-refractivity contribution in [3.8, 4) is 0 Å². The molecule has 0 radical (unpaired) electrons. The fraction of sp³-hybridized carbons (Fsp3) is 0.706. The molecule has 31 heavy (non-hydrogen) atoms. The van der Waals surface area contributed by atoms with Gasteiger partial charge in [-0.1, -0.05) is 0 Å². The van der Waals surface area contributed by atoms with E-state index in [2.05, 4.69) is 28.6 Å². The summed E-state index contributed by atoms with van der Waals surface area (Å²) >= 11 is 3.82. The SMILES string of the molecule is NCCCCC(NC(=O)C(N)CCC(N)=O)C(=O)NC(CO)C(=O)NC(CS)C(=O)O. The molecular weight excluding hydrogens is 432 g/mol. The molecule has 0 aliphatic heterocycles. The molecule has 0 heterocycles. The summed E-state index contributed by atoms with van der Waals surface area (Å²) in [6.45, 7) is -0.444. The maximum absolute atomic E-state index is 12.6. The van der Waals surface area contributed by atoms with E-state index in [9.17, 15) is 29.1 Å². The second-order valence-corrected chi connectivity index (χ2v) is 7.15. The molecule has 0 aliphatic carbocycles. The largest absolute Gasteiger partial charge is 0.480 e. The van der Waals surface area contributed by atoms with Crippen molar-refractivity contribution in [3.63, 3.8) is 0 Å². The Bertz CT molecular complexity index is 636. The first kappa shape index (κ1) is 28.6. The van der Waals surface area contributed by atoms with Crippen molar-refractivity contribution in [2.24, 2.45) is 17.2 Å². The lowest BCUT2D eigenvalue weighted by Crippen LogP contribution is -2.58. The molecule has 0 aromatic rings. The standard InChI is InChI=1S/C17H32N6O7S/c18-6-2-1-3-10(21-14(26)9(19)4-5-13(20)25)15(27)22-11(7-24)16(28)23-12(8-31)17(29)30/h9-12,24,31H,1-8,18-19H2,(H2,20,25)(H,21,26)(H,22,27)(H,23,28)(H,29,30). The molecule has 0 aromatic carbocycles. The number of aliphatic hydroxyl groups excluding tert-OH is 1. The van der Waals surface area contributed by atoms with Crippen molar-refractivity contribution in [2.75, 3.05) is 18.9 Å². The Hall–Kier alpha value is -2.42. The maximum atomic E-state index is 12.6. The zero-order valence-corrected chi connectivity index (χ0v) is 18.0. The van der Waals surface area contributed by atoms with Crippen LogP contribution in [0.4, 0.5) is 0 Å². The van der Waals surface area contributed by atoms with Crippen LogP contribution in [-0.4, -0.2) is 82.9 Å². The van der Waals surface area contributed by atoms with Gasteiger partial charge in [-0.3, -0.25) is 19.2 Å². The molecule has 178 valence electrons. The Morgan fingerprint density at radius 3 is 1.90 bits per heavy atom. The number of primary amides is 1. The minimum Gasteiger partial charge on any atom is -0.480 e. The minimum absolute atomic E-state index is 0.0136. The lowest BCUT2D eigenvalue weighted by molar-refractivity contribution is -0.142. The van der Waals surface area contributed by atoms with Crippen LogP contribution in [0, 0.1) is 0 Å². The number of aliphatic carboxylic acids is 1. The number of carboxylic acid groups (broad SMARTS) is 1. The molecule has 0 saturated carbocycles. The summed E-state index contributed by atoms with van der Waals surface area (Å²) in [4.78, 5) is 58.9. The molecule has 0 rings (SSSR count). The van der Waals surface area contributed by atoms with Crippen molar-refractivity contribution >= 4 is 42.2 Å². The number of carboxylic acids is 1. The van der Waals surface area contributed by atoms with Gasteiger partial charge in [0.1, 0.15) is 18.1 Å². The van der Waals surface area contributed by atoms with E-state index in [4.69, 9.17) is 22.3 Å². The zero-order valence-electron chi connectivity index (χ0n) is 17.1. The van der Waals surface area contributed by atoms with E-state index in [0.29, 0.717) is 19.4 Å². The molecule has 4 amide bonds. The smallest absolute Gasteiger partial charge is 0.327 e. The average Bonchev–Trinajstić information content (AvgIpc) is 2.72. The predicted molar refractivity (Wildman–Crippen MR) is 114 cm³/mol. The van der Waals surface area contributed by atoms with Gasteiger partial charge in [0.05, 0.1) is 12.6 Å². The first-order valence-corrected chi connectivity index (χ1v) is 10.3. The first-order valence-electron chi connectivity index (χ1n) is 9.66. The van der Waals surface area contributed by atoms with E-state index in [1.807, 2.05) is 0 Å². The van der Waals surface area contributed by atoms with Gasteiger partial charge < -0.3 is 43.4 Å². The van der Waals surface area contributed by atoms with E-state index >= 15 is 0 Å². The van der Waals surface area contributed by atoms with E-state index in [1.165, 1.54) is 0 Å². The van der Waals surface area contributed by atoms with Gasteiger partial charge in [0.15, 0.2) is 0 Å². The van der Waals surface area contributed by atoms with E-state index in [0.717, 1.165) is 0 Å². The highest BCUT2D eigenvalue weighted by atomic mass is 32.1. The number of rotatable bonds is 16. The van der Waals surface area contributed by atoms with Crippen LogP contribution in [0.3, 0.4) is 0 Å². The summed E-state index contributed by atoms with van der Waals surface area (Å²) in [6, 6.07) is -4.95. The highest BCUT2D eigenvalue weighted by molar-refractivity contribution is 7.80. The summed E-state index contributed by atoms with van der Waals surface area (Å²) in [5, 5.41) is 25.3. The van der Waals surface area contributed by atoms with Gasteiger partial charge in [-0.15, -0.1) is 0 Å². The monoisotopic (exact) mass is 464 g/mol. The number of hydrogen-bond acceptors (Lipinski definition) is 9. The minimum atomic E-state index is -1.45. The second-order valence-electron chi connectivity index (χ2n) is 6.78. The summed E-state index contributed by atoms with van der Waals surface area (Å²) < 4.78 is 0. The van der Waals surface area contributed by atoms with E-state index in [1.54, 1.807) is 0 Å². The highest BCUT2D eigenvalue weighted by Crippen LogP contribution is 2.04. The average molecular weight is 465 g/mol. The van der Waals surface area contributed by atoms with Crippen LogP contribution in [0.2, 0.25) is 0 Å². The molecule has 4 atom stereocenters. The number of nitrogens with two attached hydrogens (primary N) is 3. The molecule has 0 aliphatic rings. The fourth-order valence-corrected chi connectivity index (χ4v) is 2.64. The lowest BCUT2D eigenvalue weighted by atomic mass is 10.1. The quantitative estimate of drug-likeness (QED) is 0.0801. The number of carbonyl (C=O) groups is 5. The number of thiol groups is 1. The van der Waals surface area contributed by atoms with Crippen LogP contribution in [0.5, 0.6) is 0 Å². The molecule has 14 heteroatoms. The van der Waals surface area contributed by atoms with Crippen molar-refractivity contribution in [3.05, 3.63) is 0 Å². The molecule has 0 bridgehead atoms. The molecule has 0 aromatic heterocycles. The Morgan fingerprint density at radius 2 is 1.42 bits per heavy atom. The highest BCUT2D eigenvalue weighted by Gasteiger charge is 2.29. The van der Waals surface area contributed by atoms with E-state index in [-0.39, 0.29) is 25.0 Å². The third-order valence-corrected chi connectivity index (χ3v) is 4.60. The molecule has 4 unspecified atom stereocenters. The summed E-state index contributed by atoms with van der Waals surface area (Å²) in [5.41, 5.74) is 16.2. The molecule has 0 saturated heterocycles. The second kappa shape index (κ2) is 15.4. The topological polar surface area (TPSA) is 240 Å². The van der Waals surface area contributed by atoms with E-state index < -0.39 is 60.4 Å². The third kappa shape index (κ3) is 11.5. The van der Waals surface area contributed by atoms with Crippen LogP contribution in [0.15, 0.2) is 0 Å². The number of nitrogens with one attached hydrogen (secondary N) is 3. The molecule has 13 nitrogen and oxygen atoms in total. The lowest BCUT2D eigenvalue weighted by Gasteiger charge is -2.24. The summed E-state index contributed by atoms with van der Waals surface area (Å²) in [7, 11) is 0. The Labute approximate surface area is 185 Å². The zero-order chi connectivity index (χ0) is 24.0. The Kier molecular flexibility index (Phi) is 14.2. The van der Waals surface area contributed by atoms with Crippen molar-refractivity contribution in [2.45, 2.75) is 56.3 Å². The molecule has 11 N–H and O–H groups in total. The summed E-state index contributed by atoms with van der Waals surface area (Å²) in [5.74, 6) is -4.56. The number of carbonyl (C=O) groups excluding carboxylic acids is 4. The Morgan fingerprint density at radius 1 is 0.871 bits per heavy atom. The van der Waals surface area contributed by atoms with Gasteiger partial charge in [0.25, 0.3) is 0 Å². The first-order chi connectivity index (χ1) is 14.6.